The van der Waals surface area contributed by atoms with Crippen LogP contribution in [0.25, 0.3) is 0 Å². The molecule has 1 amide bonds. The average Bonchev–Trinajstić information content (AvgIpc) is 2.19. The van der Waals surface area contributed by atoms with Crippen LogP contribution in [0, 0.1) is 5.95 Å². The van der Waals surface area contributed by atoms with Crippen molar-refractivity contribution in [2.45, 2.75) is 32.8 Å². The van der Waals surface area contributed by atoms with Crippen LogP contribution in [-0.4, -0.2) is 23.2 Å². The van der Waals surface area contributed by atoms with E-state index in [1.165, 1.54) is 6.20 Å². The van der Waals surface area contributed by atoms with Crippen molar-refractivity contribution in [1.82, 2.24) is 10.3 Å². The number of pyridine rings is 1. The van der Waals surface area contributed by atoms with E-state index in [1.54, 1.807) is 26.8 Å². The topological polar surface area (TPSA) is 51.2 Å². The molecule has 0 bridgehead atoms. The Morgan fingerprint density at radius 3 is 2.78 bits per heavy atom. The Morgan fingerprint density at radius 1 is 1.56 bits per heavy atom. The van der Waals surface area contributed by atoms with Gasteiger partial charge in [-0.15, -0.1) is 0 Å². The Kier molecular flexibility index (Phi) is 5.07. The molecule has 0 saturated carbocycles. The highest BCUT2D eigenvalue weighted by Crippen LogP contribution is 2.18. The molecule has 0 aliphatic heterocycles. The maximum absolute atomic E-state index is 13.4. The van der Waals surface area contributed by atoms with Crippen molar-refractivity contribution in [3.05, 3.63) is 28.2 Å². The van der Waals surface area contributed by atoms with E-state index in [2.05, 4.69) is 26.2 Å². The lowest BCUT2D eigenvalue weighted by Crippen LogP contribution is -2.33. The predicted octanol–water partition coefficient (Wildman–Crippen LogP) is 3.05. The van der Waals surface area contributed by atoms with E-state index in [4.69, 9.17) is 4.74 Å². The van der Waals surface area contributed by atoms with E-state index in [9.17, 15) is 9.18 Å². The second-order valence-corrected chi connectivity index (χ2v) is 5.60. The van der Waals surface area contributed by atoms with Gasteiger partial charge in [-0.25, -0.2) is 9.78 Å². The van der Waals surface area contributed by atoms with Crippen LogP contribution < -0.4 is 5.32 Å². The highest BCUT2D eigenvalue weighted by Gasteiger charge is 2.16. The molecule has 0 radical (unpaired) electrons. The molecule has 0 fully saturated rings. The maximum Gasteiger partial charge on any atom is 0.407 e. The van der Waals surface area contributed by atoms with Gasteiger partial charge in [-0.1, -0.05) is 15.9 Å². The molecule has 0 aromatic carbocycles. The lowest BCUT2D eigenvalue weighted by molar-refractivity contribution is 0.0528. The summed E-state index contributed by atoms with van der Waals surface area (Å²) in [5.41, 5.74) is -0.0990. The fourth-order valence-corrected chi connectivity index (χ4v) is 1.75. The molecule has 0 spiro atoms. The summed E-state index contributed by atoms with van der Waals surface area (Å²) in [6.45, 7) is 5.63. The van der Waals surface area contributed by atoms with Crippen LogP contribution in [0.2, 0.25) is 0 Å². The number of nitrogens with zero attached hydrogens (tertiary/aromatic N) is 1. The summed E-state index contributed by atoms with van der Waals surface area (Å²) in [4.78, 5) is 14.9. The monoisotopic (exact) mass is 318 g/mol. The molecule has 1 aromatic rings. The number of nitrogens with one attached hydrogen (secondary N) is 1. The minimum atomic E-state index is -0.537. The van der Waals surface area contributed by atoms with Crippen LogP contribution in [-0.2, 0) is 11.2 Å². The molecule has 1 heterocycles. The number of hydrogen-bond acceptors (Lipinski definition) is 3. The minimum Gasteiger partial charge on any atom is -0.444 e. The molecule has 0 aliphatic rings. The van der Waals surface area contributed by atoms with Gasteiger partial charge in [0.2, 0.25) is 5.95 Å². The molecule has 1 rings (SSSR count). The van der Waals surface area contributed by atoms with Gasteiger partial charge in [0.1, 0.15) is 5.60 Å². The van der Waals surface area contributed by atoms with E-state index in [1.807, 2.05) is 0 Å². The number of ether oxygens (including phenoxy) is 1. The van der Waals surface area contributed by atoms with Crippen molar-refractivity contribution in [3.8, 4) is 0 Å². The molecule has 0 aliphatic carbocycles. The van der Waals surface area contributed by atoms with E-state index >= 15 is 0 Å². The van der Waals surface area contributed by atoms with Crippen molar-refractivity contribution in [3.63, 3.8) is 0 Å². The third kappa shape index (κ3) is 5.00. The van der Waals surface area contributed by atoms with Gasteiger partial charge in [-0.2, -0.15) is 4.39 Å². The Bertz CT molecular complexity index is 412. The van der Waals surface area contributed by atoms with Gasteiger partial charge in [0, 0.05) is 22.8 Å². The number of carbonyl (C=O) groups is 1. The number of aromatic nitrogens is 1. The zero-order valence-electron chi connectivity index (χ0n) is 10.6. The normalized spacial score (nSPS) is 11.2. The van der Waals surface area contributed by atoms with Crippen LogP contribution in [0.1, 0.15) is 26.3 Å². The SMILES string of the molecule is CC(C)(C)OC(=O)NCCc1c(Br)ccnc1F. The lowest BCUT2D eigenvalue weighted by Gasteiger charge is -2.19. The first-order valence-electron chi connectivity index (χ1n) is 5.55. The number of rotatable bonds is 3. The van der Waals surface area contributed by atoms with Gasteiger partial charge in [0.25, 0.3) is 0 Å². The number of amides is 1. The Balaban J connectivity index is 2.45. The first-order chi connectivity index (χ1) is 8.29. The van der Waals surface area contributed by atoms with Crippen molar-refractivity contribution in [2.24, 2.45) is 0 Å². The Hall–Kier alpha value is -1.17. The molecule has 6 heteroatoms. The van der Waals surface area contributed by atoms with E-state index in [-0.39, 0.29) is 6.54 Å². The molecule has 18 heavy (non-hydrogen) atoms. The predicted molar refractivity (Wildman–Crippen MR) is 69.8 cm³/mol. The second-order valence-electron chi connectivity index (χ2n) is 4.74. The van der Waals surface area contributed by atoms with Crippen LogP contribution in [0.15, 0.2) is 16.7 Å². The van der Waals surface area contributed by atoms with Gasteiger partial charge < -0.3 is 10.1 Å². The number of alkyl carbamates (subject to hydrolysis) is 1. The quantitative estimate of drug-likeness (QED) is 0.871. The van der Waals surface area contributed by atoms with Gasteiger partial charge >= 0.3 is 6.09 Å². The molecule has 1 aromatic heterocycles. The van der Waals surface area contributed by atoms with E-state index in [0.717, 1.165) is 0 Å². The number of halogens is 2. The summed E-state index contributed by atoms with van der Waals surface area (Å²) in [5, 5.41) is 2.57. The zero-order valence-corrected chi connectivity index (χ0v) is 12.2. The molecule has 0 saturated heterocycles. The van der Waals surface area contributed by atoms with Crippen LogP contribution in [0.4, 0.5) is 9.18 Å². The average molecular weight is 319 g/mol. The summed E-state index contributed by atoms with van der Waals surface area (Å²) in [6, 6.07) is 1.66. The number of carbonyl (C=O) groups excluding carboxylic acids is 1. The second kappa shape index (κ2) is 6.13. The van der Waals surface area contributed by atoms with Gasteiger partial charge in [0.15, 0.2) is 0 Å². The fraction of sp³-hybridized carbons (Fsp3) is 0.500. The Labute approximate surface area is 114 Å². The molecular formula is C12H16BrFN2O2. The van der Waals surface area contributed by atoms with E-state index < -0.39 is 17.6 Å². The maximum atomic E-state index is 13.4. The van der Waals surface area contributed by atoms with Crippen LogP contribution in [0.5, 0.6) is 0 Å². The summed E-state index contributed by atoms with van der Waals surface area (Å²) in [7, 11) is 0. The lowest BCUT2D eigenvalue weighted by atomic mass is 10.2. The standard InChI is InChI=1S/C12H16BrFN2O2/c1-12(2,3)18-11(17)16-6-4-8-9(13)5-7-15-10(8)14/h5,7H,4,6H2,1-3H3,(H,16,17). The van der Waals surface area contributed by atoms with Crippen LogP contribution >= 0.6 is 15.9 Å². The fourth-order valence-electron chi connectivity index (χ4n) is 1.27. The smallest absolute Gasteiger partial charge is 0.407 e. The van der Waals surface area contributed by atoms with Crippen molar-refractivity contribution < 1.29 is 13.9 Å². The minimum absolute atomic E-state index is 0.288. The highest BCUT2D eigenvalue weighted by molar-refractivity contribution is 9.10. The van der Waals surface area contributed by atoms with Gasteiger partial charge in [-0.05, 0) is 33.3 Å². The summed E-state index contributed by atoms with van der Waals surface area (Å²) >= 11 is 3.24. The first-order valence-corrected chi connectivity index (χ1v) is 6.34. The van der Waals surface area contributed by atoms with Crippen molar-refractivity contribution in [1.29, 1.82) is 0 Å². The summed E-state index contributed by atoms with van der Waals surface area (Å²) < 4.78 is 19.1. The molecule has 0 unspecified atom stereocenters. The summed E-state index contributed by atoms with van der Waals surface area (Å²) in [6.07, 6.45) is 1.21. The van der Waals surface area contributed by atoms with Crippen LogP contribution in [0.3, 0.4) is 0 Å². The van der Waals surface area contributed by atoms with Gasteiger partial charge in [-0.3, -0.25) is 0 Å². The number of hydrogen-bond donors (Lipinski definition) is 1. The van der Waals surface area contributed by atoms with E-state index in [0.29, 0.717) is 16.5 Å². The highest BCUT2D eigenvalue weighted by atomic mass is 79.9. The van der Waals surface area contributed by atoms with Crippen molar-refractivity contribution in [2.75, 3.05) is 6.54 Å². The largest absolute Gasteiger partial charge is 0.444 e. The zero-order chi connectivity index (χ0) is 13.8. The first kappa shape index (κ1) is 14.9. The van der Waals surface area contributed by atoms with Gasteiger partial charge in [0.05, 0.1) is 0 Å². The molecule has 4 nitrogen and oxygen atoms in total. The molecule has 1 N–H and O–H groups in total. The molecule has 100 valence electrons. The Morgan fingerprint density at radius 2 is 2.22 bits per heavy atom. The summed E-state index contributed by atoms with van der Waals surface area (Å²) in [5.74, 6) is -0.532. The third-order valence-electron chi connectivity index (χ3n) is 1.99. The third-order valence-corrected chi connectivity index (χ3v) is 2.73. The van der Waals surface area contributed by atoms with Crippen molar-refractivity contribution >= 4 is 22.0 Å². The molecular weight excluding hydrogens is 303 g/mol. The molecule has 0 atom stereocenters.